The van der Waals surface area contributed by atoms with Gasteiger partial charge in [-0.25, -0.2) is 0 Å². The van der Waals surface area contributed by atoms with Gasteiger partial charge < -0.3 is 16.2 Å². The highest BCUT2D eigenvalue weighted by molar-refractivity contribution is 5.94. The molecule has 1 aliphatic rings. The normalized spacial score (nSPS) is 19.7. The highest BCUT2D eigenvalue weighted by Crippen LogP contribution is 2.33. The van der Waals surface area contributed by atoms with E-state index >= 15 is 0 Å². The lowest BCUT2D eigenvalue weighted by atomic mass is 9.88. The number of hydrogen-bond acceptors (Lipinski definition) is 6. The minimum absolute atomic E-state index is 0.0459. The zero-order valence-electron chi connectivity index (χ0n) is 20.5. The van der Waals surface area contributed by atoms with Gasteiger partial charge in [0.1, 0.15) is 0 Å². The molecule has 1 amide bonds. The fourth-order valence-corrected chi connectivity index (χ4v) is 4.46. The average Bonchev–Trinajstić information content (AvgIpc) is 2.79. The highest BCUT2D eigenvalue weighted by atomic mass is 19.4. The summed E-state index contributed by atoms with van der Waals surface area (Å²) >= 11 is 0. The molecule has 2 rings (SSSR count). The maximum absolute atomic E-state index is 13.5. The summed E-state index contributed by atoms with van der Waals surface area (Å²) in [6, 6.07) is 3.70. The van der Waals surface area contributed by atoms with Crippen molar-refractivity contribution in [2.75, 3.05) is 13.1 Å². The molecule has 1 saturated heterocycles. The van der Waals surface area contributed by atoms with Crippen molar-refractivity contribution in [3.8, 4) is 0 Å². The number of benzene rings is 1. The van der Waals surface area contributed by atoms with Crippen LogP contribution in [0.15, 0.2) is 24.3 Å². The van der Waals surface area contributed by atoms with Gasteiger partial charge in [-0.2, -0.15) is 13.2 Å². The number of carbonyl (C=O) groups excluding carboxylic acids is 3. The van der Waals surface area contributed by atoms with Crippen LogP contribution in [0.1, 0.15) is 57.6 Å². The van der Waals surface area contributed by atoms with Crippen LogP contribution in [0.5, 0.6) is 0 Å². The summed E-state index contributed by atoms with van der Waals surface area (Å²) in [7, 11) is 0. The van der Waals surface area contributed by atoms with Gasteiger partial charge in [-0.3, -0.25) is 19.3 Å². The second-order valence-electron chi connectivity index (χ2n) is 9.51. The van der Waals surface area contributed by atoms with Gasteiger partial charge >= 0.3 is 6.18 Å². The van der Waals surface area contributed by atoms with Crippen molar-refractivity contribution < 1.29 is 32.7 Å². The SMILES string of the molecule is CC(C)C(=O)[C@H](CN)NC(=O)[C@@H](CC(=O)[C@@H]1CCCCN1Cc1ccccc1C(F)(F)F)[C@H](C)O. The monoisotopic (exact) mass is 499 g/mol. The Morgan fingerprint density at radius 3 is 2.40 bits per heavy atom. The molecule has 10 heteroatoms. The number of amides is 1. The molecule has 35 heavy (non-hydrogen) atoms. The first-order valence-electron chi connectivity index (χ1n) is 12.0. The van der Waals surface area contributed by atoms with E-state index < -0.39 is 41.8 Å². The number of nitrogens with two attached hydrogens (primary N) is 1. The topological polar surface area (TPSA) is 113 Å². The highest BCUT2D eigenvalue weighted by Gasteiger charge is 2.37. The van der Waals surface area contributed by atoms with Gasteiger partial charge in [0.2, 0.25) is 5.91 Å². The number of alkyl halides is 3. The molecule has 0 aromatic heterocycles. The van der Waals surface area contributed by atoms with E-state index in [0.717, 1.165) is 18.9 Å². The first-order chi connectivity index (χ1) is 16.4. The van der Waals surface area contributed by atoms with Crippen molar-refractivity contribution >= 4 is 17.5 Å². The maximum Gasteiger partial charge on any atom is 0.416 e. The fourth-order valence-electron chi connectivity index (χ4n) is 4.46. The molecule has 0 unspecified atom stereocenters. The molecule has 196 valence electrons. The van der Waals surface area contributed by atoms with Crippen molar-refractivity contribution in [2.24, 2.45) is 17.6 Å². The van der Waals surface area contributed by atoms with Crippen LogP contribution in [0.25, 0.3) is 0 Å². The van der Waals surface area contributed by atoms with Crippen LogP contribution in [0.2, 0.25) is 0 Å². The Balaban J connectivity index is 2.17. The molecule has 0 aliphatic carbocycles. The van der Waals surface area contributed by atoms with Gasteiger partial charge in [0.15, 0.2) is 11.6 Å². The number of aliphatic hydroxyl groups excluding tert-OH is 1. The third kappa shape index (κ3) is 7.85. The van der Waals surface area contributed by atoms with Crippen LogP contribution in [0, 0.1) is 11.8 Å². The number of aliphatic hydroxyl groups is 1. The van der Waals surface area contributed by atoms with Crippen LogP contribution in [0.4, 0.5) is 13.2 Å². The number of nitrogens with one attached hydrogen (secondary N) is 1. The Morgan fingerprint density at radius 2 is 1.83 bits per heavy atom. The number of nitrogens with zero attached hydrogens (tertiary/aromatic N) is 1. The third-order valence-corrected chi connectivity index (χ3v) is 6.49. The fraction of sp³-hybridized carbons (Fsp3) is 0.640. The number of likely N-dealkylation sites (tertiary alicyclic amines) is 1. The Bertz CT molecular complexity index is 889. The molecule has 0 spiro atoms. The van der Waals surface area contributed by atoms with Crippen LogP contribution >= 0.6 is 0 Å². The minimum Gasteiger partial charge on any atom is -0.393 e. The van der Waals surface area contributed by atoms with Gasteiger partial charge in [0.05, 0.1) is 29.7 Å². The molecular formula is C25H36F3N3O4. The molecular weight excluding hydrogens is 463 g/mol. The standard InChI is InChI=1S/C25H36F3N3O4/c1-15(2)23(34)20(13-29)30-24(35)18(16(3)32)12-22(33)21-10-6-7-11-31(21)14-17-8-4-5-9-19(17)25(26,27)28/h4-5,8-9,15-16,18,20-21,32H,6-7,10-14,29H2,1-3H3,(H,30,35)/t16-,18-,20-,21-/m0/s1. The van der Waals surface area contributed by atoms with Gasteiger partial charge in [0, 0.05) is 25.4 Å². The van der Waals surface area contributed by atoms with Gasteiger partial charge in [-0.1, -0.05) is 38.5 Å². The zero-order valence-corrected chi connectivity index (χ0v) is 20.5. The smallest absolute Gasteiger partial charge is 0.393 e. The Hall–Kier alpha value is -2.30. The lowest BCUT2D eigenvalue weighted by Gasteiger charge is -2.36. The van der Waals surface area contributed by atoms with Crippen molar-refractivity contribution in [3.05, 3.63) is 35.4 Å². The van der Waals surface area contributed by atoms with E-state index in [1.807, 2.05) is 0 Å². The summed E-state index contributed by atoms with van der Waals surface area (Å²) in [5, 5.41) is 12.8. The second kappa shape index (κ2) is 12.6. The predicted octanol–water partition coefficient (Wildman–Crippen LogP) is 2.68. The van der Waals surface area contributed by atoms with E-state index in [-0.39, 0.29) is 42.6 Å². The Labute approximate surface area is 204 Å². The number of rotatable bonds is 11. The largest absolute Gasteiger partial charge is 0.416 e. The van der Waals surface area contributed by atoms with Crippen molar-refractivity contribution in [2.45, 2.75) is 77.4 Å². The van der Waals surface area contributed by atoms with Crippen molar-refractivity contribution in [1.82, 2.24) is 10.2 Å². The molecule has 1 aromatic carbocycles. The summed E-state index contributed by atoms with van der Waals surface area (Å²) in [6.07, 6.45) is -4.04. The van der Waals surface area contributed by atoms with Crippen LogP contribution in [-0.2, 0) is 27.1 Å². The Morgan fingerprint density at radius 1 is 1.17 bits per heavy atom. The van der Waals surface area contributed by atoms with Gasteiger partial charge in [-0.05, 0) is 37.9 Å². The van der Waals surface area contributed by atoms with E-state index in [4.69, 9.17) is 5.73 Å². The van der Waals surface area contributed by atoms with Crippen molar-refractivity contribution in [3.63, 3.8) is 0 Å². The number of ketones is 2. The molecule has 7 nitrogen and oxygen atoms in total. The van der Waals surface area contributed by atoms with Crippen LogP contribution < -0.4 is 11.1 Å². The summed E-state index contributed by atoms with van der Waals surface area (Å²) in [5.41, 5.74) is 4.99. The first kappa shape index (κ1) is 28.9. The number of Topliss-reactive ketones (excluding diaryl/α,β-unsaturated/α-hetero) is 2. The average molecular weight is 500 g/mol. The van der Waals surface area contributed by atoms with E-state index in [0.29, 0.717) is 13.0 Å². The number of hydrogen-bond donors (Lipinski definition) is 3. The summed E-state index contributed by atoms with van der Waals surface area (Å²) in [5.74, 6) is -2.69. The Kier molecular flexibility index (Phi) is 10.4. The van der Waals surface area contributed by atoms with E-state index in [2.05, 4.69) is 5.32 Å². The van der Waals surface area contributed by atoms with Crippen LogP contribution in [0.3, 0.4) is 0 Å². The molecule has 0 saturated carbocycles. The van der Waals surface area contributed by atoms with Crippen LogP contribution in [-0.4, -0.2) is 58.8 Å². The minimum atomic E-state index is -4.51. The number of carbonyl (C=O) groups is 3. The summed E-state index contributed by atoms with van der Waals surface area (Å²) in [6.45, 7) is 5.04. The summed E-state index contributed by atoms with van der Waals surface area (Å²) < 4.78 is 40.4. The molecule has 1 fully saturated rings. The van der Waals surface area contributed by atoms with E-state index in [1.54, 1.807) is 18.7 Å². The third-order valence-electron chi connectivity index (χ3n) is 6.49. The summed E-state index contributed by atoms with van der Waals surface area (Å²) in [4.78, 5) is 40.1. The first-order valence-corrected chi connectivity index (χ1v) is 12.0. The number of halogens is 3. The molecule has 1 heterocycles. The van der Waals surface area contributed by atoms with E-state index in [9.17, 15) is 32.7 Å². The predicted molar refractivity (Wildman–Crippen MR) is 125 cm³/mol. The van der Waals surface area contributed by atoms with E-state index in [1.165, 1.54) is 25.1 Å². The molecule has 4 N–H and O–H groups in total. The maximum atomic E-state index is 13.5. The number of piperidine rings is 1. The molecule has 1 aromatic rings. The molecule has 0 bridgehead atoms. The molecule has 0 radical (unpaired) electrons. The zero-order chi connectivity index (χ0) is 26.3. The quantitative estimate of drug-likeness (QED) is 0.432. The van der Waals surface area contributed by atoms with Gasteiger partial charge in [0.25, 0.3) is 0 Å². The lowest BCUT2D eigenvalue weighted by Crippen LogP contribution is -2.52. The lowest BCUT2D eigenvalue weighted by molar-refractivity contribution is -0.139. The second-order valence-corrected chi connectivity index (χ2v) is 9.51. The molecule has 1 aliphatic heterocycles. The van der Waals surface area contributed by atoms with Crippen molar-refractivity contribution in [1.29, 1.82) is 0 Å². The molecule has 4 atom stereocenters. The van der Waals surface area contributed by atoms with Gasteiger partial charge in [-0.15, -0.1) is 0 Å².